The van der Waals surface area contributed by atoms with E-state index in [2.05, 4.69) is 15.6 Å². The molecule has 0 aliphatic carbocycles. The van der Waals surface area contributed by atoms with E-state index >= 15 is 0 Å². The highest BCUT2D eigenvalue weighted by Crippen LogP contribution is 2.16. The number of anilines is 1. The van der Waals surface area contributed by atoms with Gasteiger partial charge in [-0.3, -0.25) is 5.32 Å². The van der Waals surface area contributed by atoms with E-state index in [1.54, 1.807) is 18.7 Å². The van der Waals surface area contributed by atoms with Gasteiger partial charge in [-0.15, -0.1) is 11.3 Å². The lowest BCUT2D eigenvalue weighted by Gasteiger charge is -2.08. The summed E-state index contributed by atoms with van der Waals surface area (Å²) in [6.07, 6.45) is 1.63. The Labute approximate surface area is 120 Å². The van der Waals surface area contributed by atoms with Gasteiger partial charge in [0.25, 0.3) is 0 Å². The van der Waals surface area contributed by atoms with Gasteiger partial charge in [-0.2, -0.15) is 0 Å². The van der Waals surface area contributed by atoms with Crippen LogP contribution in [-0.4, -0.2) is 31.3 Å². The summed E-state index contributed by atoms with van der Waals surface area (Å²) in [6, 6.07) is 6.97. The molecule has 20 heavy (non-hydrogen) atoms. The summed E-state index contributed by atoms with van der Waals surface area (Å²) in [6.45, 7) is 0.793. The van der Waals surface area contributed by atoms with E-state index < -0.39 is 0 Å². The highest BCUT2D eigenvalue weighted by atomic mass is 32.1. The first-order valence-electron chi connectivity index (χ1n) is 5.99. The standard InChI is InChI=1S/C13H15N3O3S/c1-18-10-2-4-11(5-3-10)19-8-6-14-12(17)16-13-15-7-9-20-13/h2-5,7,9H,6,8H2,1H3,(H2,14,15,16,17). The number of ether oxygens (including phenoxy) is 2. The fourth-order valence-corrected chi connectivity index (χ4v) is 1.96. The first kappa shape index (κ1) is 14.1. The van der Waals surface area contributed by atoms with Gasteiger partial charge >= 0.3 is 6.03 Å². The third kappa shape index (κ3) is 4.43. The van der Waals surface area contributed by atoms with Gasteiger partial charge in [-0.1, -0.05) is 0 Å². The predicted octanol–water partition coefficient (Wildman–Crippen LogP) is 2.35. The molecule has 0 unspecified atom stereocenters. The van der Waals surface area contributed by atoms with Crippen LogP contribution in [0.15, 0.2) is 35.8 Å². The molecule has 1 aromatic heterocycles. The van der Waals surface area contributed by atoms with Crippen LogP contribution in [0, 0.1) is 0 Å². The fourth-order valence-electron chi connectivity index (χ4n) is 1.43. The lowest BCUT2D eigenvalue weighted by atomic mass is 10.3. The third-order valence-corrected chi connectivity index (χ3v) is 3.06. The first-order valence-corrected chi connectivity index (χ1v) is 6.87. The highest BCUT2D eigenvalue weighted by molar-refractivity contribution is 7.13. The van der Waals surface area contributed by atoms with E-state index in [1.165, 1.54) is 11.3 Å². The molecule has 0 radical (unpaired) electrons. The van der Waals surface area contributed by atoms with E-state index in [-0.39, 0.29) is 6.03 Å². The van der Waals surface area contributed by atoms with E-state index in [1.807, 2.05) is 24.3 Å². The summed E-state index contributed by atoms with van der Waals surface area (Å²) in [5, 5.41) is 7.66. The number of carbonyl (C=O) groups excluding carboxylic acids is 1. The van der Waals surface area contributed by atoms with Crippen molar-refractivity contribution in [2.45, 2.75) is 0 Å². The molecular weight excluding hydrogens is 278 g/mol. The molecule has 0 bridgehead atoms. The summed E-state index contributed by atoms with van der Waals surface area (Å²) in [5.74, 6) is 1.51. The number of benzene rings is 1. The number of urea groups is 1. The Morgan fingerprint density at radius 3 is 2.70 bits per heavy atom. The highest BCUT2D eigenvalue weighted by Gasteiger charge is 2.02. The molecule has 0 fully saturated rings. The van der Waals surface area contributed by atoms with Crippen LogP contribution >= 0.6 is 11.3 Å². The number of hydrogen-bond acceptors (Lipinski definition) is 5. The zero-order valence-corrected chi connectivity index (χ0v) is 11.8. The molecule has 2 aromatic rings. The molecule has 2 amide bonds. The van der Waals surface area contributed by atoms with Crippen LogP contribution in [0.2, 0.25) is 0 Å². The average molecular weight is 293 g/mol. The SMILES string of the molecule is COc1ccc(OCCNC(=O)Nc2nccs2)cc1. The molecule has 2 N–H and O–H groups in total. The van der Waals surface area contributed by atoms with Gasteiger partial charge < -0.3 is 14.8 Å². The Morgan fingerprint density at radius 2 is 2.05 bits per heavy atom. The van der Waals surface area contributed by atoms with Gasteiger partial charge in [-0.25, -0.2) is 9.78 Å². The average Bonchev–Trinajstić information content (AvgIpc) is 2.97. The lowest BCUT2D eigenvalue weighted by molar-refractivity contribution is 0.247. The summed E-state index contributed by atoms with van der Waals surface area (Å²) >= 11 is 1.36. The maximum absolute atomic E-state index is 11.5. The molecule has 0 atom stereocenters. The second-order valence-corrected chi connectivity index (χ2v) is 4.64. The predicted molar refractivity (Wildman–Crippen MR) is 77.6 cm³/mol. The number of nitrogens with zero attached hydrogens (tertiary/aromatic N) is 1. The van der Waals surface area contributed by atoms with E-state index in [9.17, 15) is 4.79 Å². The topological polar surface area (TPSA) is 72.5 Å². The first-order chi connectivity index (χ1) is 9.78. The summed E-state index contributed by atoms with van der Waals surface area (Å²) in [7, 11) is 1.61. The van der Waals surface area contributed by atoms with Gasteiger partial charge in [0.15, 0.2) is 5.13 Å². The fraction of sp³-hybridized carbons (Fsp3) is 0.231. The quantitative estimate of drug-likeness (QED) is 0.802. The third-order valence-electron chi connectivity index (χ3n) is 2.37. The van der Waals surface area contributed by atoms with Crippen LogP contribution in [0.5, 0.6) is 11.5 Å². The van der Waals surface area contributed by atoms with E-state index in [0.29, 0.717) is 18.3 Å². The molecule has 6 nitrogen and oxygen atoms in total. The monoisotopic (exact) mass is 293 g/mol. The lowest BCUT2D eigenvalue weighted by Crippen LogP contribution is -2.32. The van der Waals surface area contributed by atoms with E-state index in [0.717, 1.165) is 11.5 Å². The van der Waals surface area contributed by atoms with Crippen LogP contribution in [0.25, 0.3) is 0 Å². The van der Waals surface area contributed by atoms with Crippen molar-refractivity contribution in [3.63, 3.8) is 0 Å². The number of thiazole rings is 1. The molecule has 0 saturated carbocycles. The van der Waals surface area contributed by atoms with Crippen molar-refractivity contribution in [2.24, 2.45) is 0 Å². The molecule has 0 aliphatic rings. The molecule has 1 aromatic carbocycles. The molecule has 106 valence electrons. The van der Waals surface area contributed by atoms with Crippen LogP contribution in [0.3, 0.4) is 0 Å². The Balaban J connectivity index is 1.64. The summed E-state index contributed by atoms with van der Waals surface area (Å²) in [4.78, 5) is 15.4. The minimum Gasteiger partial charge on any atom is -0.497 e. The molecule has 1 heterocycles. The Kier molecular flexibility index (Phi) is 5.19. The zero-order chi connectivity index (χ0) is 14.2. The van der Waals surface area contributed by atoms with Gasteiger partial charge in [0.1, 0.15) is 18.1 Å². The van der Waals surface area contributed by atoms with Crippen LogP contribution in [-0.2, 0) is 0 Å². The van der Waals surface area contributed by atoms with Crippen molar-refractivity contribution >= 4 is 22.5 Å². The Morgan fingerprint density at radius 1 is 1.30 bits per heavy atom. The van der Waals surface area contributed by atoms with Crippen molar-refractivity contribution in [1.82, 2.24) is 10.3 Å². The number of aromatic nitrogens is 1. The molecule has 0 saturated heterocycles. The van der Waals surface area contributed by atoms with Crippen LogP contribution < -0.4 is 20.1 Å². The van der Waals surface area contributed by atoms with Crippen molar-refractivity contribution in [1.29, 1.82) is 0 Å². The normalized spacial score (nSPS) is 9.85. The number of rotatable bonds is 6. The molecule has 7 heteroatoms. The van der Waals surface area contributed by atoms with Crippen molar-refractivity contribution in [2.75, 3.05) is 25.6 Å². The van der Waals surface area contributed by atoms with Crippen molar-refractivity contribution in [3.8, 4) is 11.5 Å². The maximum atomic E-state index is 11.5. The Hall–Kier alpha value is -2.28. The van der Waals surface area contributed by atoms with Crippen LogP contribution in [0.4, 0.5) is 9.93 Å². The Bertz CT molecular complexity index is 528. The van der Waals surface area contributed by atoms with Gasteiger partial charge in [0.05, 0.1) is 13.7 Å². The second kappa shape index (κ2) is 7.34. The van der Waals surface area contributed by atoms with E-state index in [4.69, 9.17) is 9.47 Å². The smallest absolute Gasteiger partial charge is 0.321 e. The molecule has 0 spiro atoms. The van der Waals surface area contributed by atoms with Gasteiger partial charge in [0, 0.05) is 11.6 Å². The number of hydrogen-bond donors (Lipinski definition) is 2. The minimum atomic E-state index is -0.293. The number of nitrogens with one attached hydrogen (secondary N) is 2. The van der Waals surface area contributed by atoms with Crippen molar-refractivity contribution in [3.05, 3.63) is 35.8 Å². The number of methoxy groups -OCH3 is 1. The number of carbonyl (C=O) groups is 1. The van der Waals surface area contributed by atoms with Gasteiger partial charge in [-0.05, 0) is 24.3 Å². The van der Waals surface area contributed by atoms with Crippen molar-refractivity contribution < 1.29 is 14.3 Å². The summed E-state index contributed by atoms with van der Waals surface area (Å²) < 4.78 is 10.5. The molecule has 0 aliphatic heterocycles. The largest absolute Gasteiger partial charge is 0.497 e. The summed E-state index contributed by atoms with van der Waals surface area (Å²) in [5.41, 5.74) is 0. The van der Waals surface area contributed by atoms with Crippen LogP contribution in [0.1, 0.15) is 0 Å². The minimum absolute atomic E-state index is 0.293. The molecule has 2 rings (SSSR count). The maximum Gasteiger partial charge on any atom is 0.321 e. The second-order valence-electron chi connectivity index (χ2n) is 3.74. The number of amides is 2. The molecular formula is C13H15N3O3S. The van der Waals surface area contributed by atoms with Gasteiger partial charge in [0.2, 0.25) is 0 Å². The zero-order valence-electron chi connectivity index (χ0n) is 11.0.